The van der Waals surface area contributed by atoms with Crippen molar-refractivity contribution in [2.45, 2.75) is 46.1 Å². The molecule has 1 rings (SSSR count). The lowest BCUT2D eigenvalue weighted by atomic mass is 10.0. The Morgan fingerprint density at radius 1 is 1.43 bits per heavy atom. The van der Waals surface area contributed by atoms with Crippen molar-refractivity contribution in [3.8, 4) is 0 Å². The SMILES string of the molecule is CCCc1nc(C(N)CC(C)C)n[nH]1. The van der Waals surface area contributed by atoms with Crippen LogP contribution in [0.1, 0.15) is 51.3 Å². The molecule has 1 unspecified atom stereocenters. The first kappa shape index (κ1) is 11.2. The van der Waals surface area contributed by atoms with E-state index < -0.39 is 0 Å². The normalized spacial score (nSPS) is 13.5. The number of nitrogens with two attached hydrogens (primary N) is 1. The summed E-state index contributed by atoms with van der Waals surface area (Å²) in [5.41, 5.74) is 5.96. The maximum absolute atomic E-state index is 5.96. The summed E-state index contributed by atoms with van der Waals surface area (Å²) < 4.78 is 0. The molecule has 80 valence electrons. The zero-order valence-electron chi connectivity index (χ0n) is 9.25. The lowest BCUT2D eigenvalue weighted by Gasteiger charge is -2.09. The summed E-state index contributed by atoms with van der Waals surface area (Å²) in [5.74, 6) is 2.28. The Balaban J connectivity index is 2.57. The van der Waals surface area contributed by atoms with Crippen LogP contribution in [0.25, 0.3) is 0 Å². The van der Waals surface area contributed by atoms with Crippen molar-refractivity contribution in [2.24, 2.45) is 11.7 Å². The standard InChI is InChI=1S/C10H20N4/c1-4-5-9-12-10(14-13-9)8(11)6-7(2)3/h7-8H,4-6,11H2,1-3H3,(H,12,13,14). The molecule has 3 N–H and O–H groups in total. The Bertz CT molecular complexity index is 267. The maximum Gasteiger partial charge on any atom is 0.167 e. The van der Waals surface area contributed by atoms with Gasteiger partial charge in [-0.15, -0.1) is 0 Å². The molecule has 4 nitrogen and oxygen atoms in total. The molecule has 0 bridgehead atoms. The molecule has 14 heavy (non-hydrogen) atoms. The molecule has 0 radical (unpaired) electrons. The monoisotopic (exact) mass is 196 g/mol. The van der Waals surface area contributed by atoms with Crippen molar-refractivity contribution in [1.29, 1.82) is 0 Å². The number of nitrogens with one attached hydrogen (secondary N) is 1. The predicted molar refractivity (Wildman–Crippen MR) is 56.8 cm³/mol. The number of H-pyrrole nitrogens is 1. The summed E-state index contributed by atoms with van der Waals surface area (Å²) in [6.45, 7) is 6.43. The van der Waals surface area contributed by atoms with Crippen LogP contribution in [0.3, 0.4) is 0 Å². The highest BCUT2D eigenvalue weighted by molar-refractivity contribution is 4.96. The van der Waals surface area contributed by atoms with Crippen molar-refractivity contribution in [3.63, 3.8) is 0 Å². The zero-order chi connectivity index (χ0) is 10.6. The van der Waals surface area contributed by atoms with E-state index in [4.69, 9.17) is 5.73 Å². The molecule has 0 aliphatic carbocycles. The van der Waals surface area contributed by atoms with Gasteiger partial charge in [0.15, 0.2) is 5.82 Å². The van der Waals surface area contributed by atoms with Crippen LogP contribution in [0, 0.1) is 5.92 Å². The minimum absolute atomic E-state index is 0.0307. The topological polar surface area (TPSA) is 67.6 Å². The van der Waals surface area contributed by atoms with Crippen molar-refractivity contribution in [2.75, 3.05) is 0 Å². The number of hydrogen-bond acceptors (Lipinski definition) is 3. The van der Waals surface area contributed by atoms with Gasteiger partial charge in [-0.25, -0.2) is 4.98 Å². The Morgan fingerprint density at radius 3 is 2.71 bits per heavy atom. The Hall–Kier alpha value is -0.900. The zero-order valence-corrected chi connectivity index (χ0v) is 9.25. The predicted octanol–water partition coefficient (Wildman–Crippen LogP) is 1.80. The summed E-state index contributed by atoms with van der Waals surface area (Å²) in [5, 5.41) is 7.05. The molecule has 0 saturated carbocycles. The van der Waals surface area contributed by atoms with E-state index in [9.17, 15) is 0 Å². The Labute approximate surface area is 85.3 Å². The van der Waals surface area contributed by atoms with Crippen molar-refractivity contribution in [1.82, 2.24) is 15.2 Å². The van der Waals surface area contributed by atoms with Crippen molar-refractivity contribution in [3.05, 3.63) is 11.6 Å². The van der Waals surface area contributed by atoms with E-state index in [1.807, 2.05) is 0 Å². The molecule has 0 spiro atoms. The van der Waals surface area contributed by atoms with Crippen LogP contribution in [0.15, 0.2) is 0 Å². The van der Waals surface area contributed by atoms with Gasteiger partial charge in [0, 0.05) is 6.42 Å². The highest BCUT2D eigenvalue weighted by atomic mass is 15.2. The number of aryl methyl sites for hydroxylation is 1. The van der Waals surface area contributed by atoms with Gasteiger partial charge in [-0.3, -0.25) is 5.10 Å². The molecule has 4 heteroatoms. The molecule has 1 aromatic heterocycles. The van der Waals surface area contributed by atoms with E-state index in [2.05, 4.69) is 36.0 Å². The van der Waals surface area contributed by atoms with Gasteiger partial charge >= 0.3 is 0 Å². The third-order valence-corrected chi connectivity index (χ3v) is 2.09. The van der Waals surface area contributed by atoms with E-state index in [0.717, 1.165) is 30.9 Å². The quantitative estimate of drug-likeness (QED) is 0.754. The van der Waals surface area contributed by atoms with Crippen LogP contribution in [-0.2, 0) is 6.42 Å². The van der Waals surface area contributed by atoms with Gasteiger partial charge in [0.25, 0.3) is 0 Å². The molecule has 0 aliphatic rings. The third kappa shape index (κ3) is 3.10. The maximum atomic E-state index is 5.96. The molecule has 0 fully saturated rings. The number of rotatable bonds is 5. The van der Waals surface area contributed by atoms with Gasteiger partial charge in [0.05, 0.1) is 6.04 Å². The first-order valence-electron chi connectivity index (χ1n) is 5.30. The van der Waals surface area contributed by atoms with Gasteiger partial charge in [-0.1, -0.05) is 20.8 Å². The number of hydrogen-bond donors (Lipinski definition) is 2. The van der Waals surface area contributed by atoms with Gasteiger partial charge in [0.2, 0.25) is 0 Å². The van der Waals surface area contributed by atoms with Crippen LogP contribution in [0.5, 0.6) is 0 Å². The Kier molecular flexibility index (Phi) is 4.07. The highest BCUT2D eigenvalue weighted by Crippen LogP contribution is 2.14. The highest BCUT2D eigenvalue weighted by Gasteiger charge is 2.13. The molecule has 0 saturated heterocycles. The Morgan fingerprint density at radius 2 is 2.14 bits per heavy atom. The first-order valence-corrected chi connectivity index (χ1v) is 5.30. The van der Waals surface area contributed by atoms with E-state index in [1.54, 1.807) is 0 Å². The fourth-order valence-corrected chi connectivity index (χ4v) is 1.44. The molecule has 0 aromatic carbocycles. The summed E-state index contributed by atoms with van der Waals surface area (Å²) in [6.07, 6.45) is 2.96. The van der Waals surface area contributed by atoms with E-state index >= 15 is 0 Å². The summed E-state index contributed by atoms with van der Waals surface area (Å²) >= 11 is 0. The smallest absolute Gasteiger partial charge is 0.167 e. The average molecular weight is 196 g/mol. The minimum Gasteiger partial charge on any atom is -0.321 e. The van der Waals surface area contributed by atoms with Crippen LogP contribution in [0.2, 0.25) is 0 Å². The molecular weight excluding hydrogens is 176 g/mol. The molecule has 1 heterocycles. The largest absolute Gasteiger partial charge is 0.321 e. The van der Waals surface area contributed by atoms with Gasteiger partial charge in [-0.05, 0) is 18.8 Å². The van der Waals surface area contributed by atoms with Crippen molar-refractivity contribution < 1.29 is 0 Å². The van der Waals surface area contributed by atoms with Crippen LogP contribution < -0.4 is 5.73 Å². The first-order chi connectivity index (χ1) is 6.63. The van der Waals surface area contributed by atoms with Crippen LogP contribution >= 0.6 is 0 Å². The van der Waals surface area contributed by atoms with E-state index in [1.165, 1.54) is 0 Å². The molecular formula is C10H20N4. The second-order valence-electron chi connectivity index (χ2n) is 4.13. The summed E-state index contributed by atoms with van der Waals surface area (Å²) in [7, 11) is 0. The fraction of sp³-hybridized carbons (Fsp3) is 0.800. The van der Waals surface area contributed by atoms with E-state index in [0.29, 0.717) is 5.92 Å². The van der Waals surface area contributed by atoms with Gasteiger partial charge in [-0.2, -0.15) is 5.10 Å². The molecule has 1 aromatic rings. The van der Waals surface area contributed by atoms with Gasteiger partial charge in [0.1, 0.15) is 5.82 Å². The van der Waals surface area contributed by atoms with Crippen LogP contribution in [0.4, 0.5) is 0 Å². The second kappa shape index (κ2) is 5.10. The van der Waals surface area contributed by atoms with Gasteiger partial charge < -0.3 is 5.73 Å². The lowest BCUT2D eigenvalue weighted by molar-refractivity contribution is 0.494. The summed E-state index contributed by atoms with van der Waals surface area (Å²) in [4.78, 5) is 4.36. The summed E-state index contributed by atoms with van der Waals surface area (Å²) in [6, 6.07) is -0.0307. The number of nitrogens with zero attached hydrogens (tertiary/aromatic N) is 2. The minimum atomic E-state index is -0.0307. The fourth-order valence-electron chi connectivity index (χ4n) is 1.44. The molecule has 1 atom stereocenters. The molecule has 0 aliphatic heterocycles. The molecule has 0 amide bonds. The third-order valence-electron chi connectivity index (χ3n) is 2.09. The van der Waals surface area contributed by atoms with Crippen LogP contribution in [-0.4, -0.2) is 15.2 Å². The van der Waals surface area contributed by atoms with Crippen molar-refractivity contribution >= 4 is 0 Å². The lowest BCUT2D eigenvalue weighted by Crippen LogP contribution is -2.14. The average Bonchev–Trinajstić information content (AvgIpc) is 2.52. The number of aromatic nitrogens is 3. The second-order valence-corrected chi connectivity index (χ2v) is 4.13. The number of aromatic amines is 1. The van der Waals surface area contributed by atoms with E-state index in [-0.39, 0.29) is 6.04 Å².